The molecule has 2 aliphatic heterocycles. The molecule has 0 radical (unpaired) electrons. The van der Waals surface area contributed by atoms with Crippen molar-refractivity contribution in [2.24, 2.45) is 17.6 Å². The summed E-state index contributed by atoms with van der Waals surface area (Å²) >= 11 is 0. The van der Waals surface area contributed by atoms with Gasteiger partial charge in [0.15, 0.2) is 0 Å². The molecule has 1 aromatic rings. The molecule has 0 bridgehead atoms. The maximum atomic E-state index is 13.6. The minimum atomic E-state index is -0.545. The van der Waals surface area contributed by atoms with Crippen molar-refractivity contribution < 1.29 is 19.2 Å². The van der Waals surface area contributed by atoms with E-state index in [2.05, 4.69) is 10.2 Å². The molecule has 0 spiro atoms. The number of anilines is 1. The third kappa shape index (κ3) is 5.90. The lowest BCUT2D eigenvalue weighted by molar-refractivity contribution is -0.141. The van der Waals surface area contributed by atoms with E-state index in [0.717, 1.165) is 45.1 Å². The quantitative estimate of drug-likeness (QED) is 0.590. The zero-order valence-corrected chi connectivity index (χ0v) is 20.5. The van der Waals surface area contributed by atoms with E-state index in [9.17, 15) is 19.2 Å². The molecule has 1 aliphatic carbocycles. The Bertz CT molecular complexity index is 920. The largest absolute Gasteiger partial charge is 0.340 e. The number of carbonyl (C=O) groups is 4. The standard InChI is InChI=1S/C26H37N5O4/c1-18(33)29-10-12-30(13-11-29)23-14-24(25(34)28-22-8-4-20(17-32)5-9-22)31(16-23)26(35)21-6-2-19(15-27)3-7-21/h4-5,8-9,17,19,21,23-24H,2-3,6-7,10-16,27H2,1H3,(H,28,34)/t19-,21-,23?,24-/m0/s1. The molecule has 3 aliphatic rings. The average molecular weight is 484 g/mol. The van der Waals surface area contributed by atoms with Gasteiger partial charge >= 0.3 is 0 Å². The number of piperazine rings is 1. The van der Waals surface area contributed by atoms with Crippen LogP contribution in [0.25, 0.3) is 0 Å². The summed E-state index contributed by atoms with van der Waals surface area (Å²) in [6.07, 6.45) is 4.89. The van der Waals surface area contributed by atoms with Gasteiger partial charge in [0.1, 0.15) is 12.3 Å². The van der Waals surface area contributed by atoms with Gasteiger partial charge in [0.25, 0.3) is 0 Å². The Balaban J connectivity index is 1.46. The second-order valence-corrected chi connectivity index (χ2v) is 10.1. The number of aldehydes is 1. The highest BCUT2D eigenvalue weighted by molar-refractivity contribution is 5.98. The van der Waals surface area contributed by atoms with Crippen molar-refractivity contribution in [3.05, 3.63) is 29.8 Å². The van der Waals surface area contributed by atoms with Crippen molar-refractivity contribution in [3.63, 3.8) is 0 Å². The van der Waals surface area contributed by atoms with Gasteiger partial charge in [-0.25, -0.2) is 0 Å². The molecule has 2 heterocycles. The Hall–Kier alpha value is -2.78. The smallest absolute Gasteiger partial charge is 0.247 e. The van der Waals surface area contributed by atoms with Crippen molar-refractivity contribution >= 4 is 29.7 Å². The van der Waals surface area contributed by atoms with E-state index < -0.39 is 6.04 Å². The topological polar surface area (TPSA) is 116 Å². The number of nitrogens with two attached hydrogens (primary N) is 1. The highest BCUT2D eigenvalue weighted by atomic mass is 16.2. The molecule has 3 amide bonds. The first-order valence-corrected chi connectivity index (χ1v) is 12.8. The zero-order chi connectivity index (χ0) is 24.9. The summed E-state index contributed by atoms with van der Waals surface area (Å²) < 4.78 is 0. The van der Waals surface area contributed by atoms with E-state index in [1.165, 1.54) is 0 Å². The van der Waals surface area contributed by atoms with E-state index in [1.807, 2.05) is 4.90 Å². The number of amides is 3. The van der Waals surface area contributed by atoms with Crippen LogP contribution >= 0.6 is 0 Å². The Morgan fingerprint density at radius 3 is 2.26 bits per heavy atom. The first-order chi connectivity index (χ1) is 16.9. The highest BCUT2D eigenvalue weighted by Crippen LogP contribution is 2.33. The number of benzene rings is 1. The predicted octanol–water partition coefficient (Wildman–Crippen LogP) is 1.34. The molecular formula is C26H37N5O4. The first-order valence-electron chi connectivity index (χ1n) is 12.8. The molecule has 9 heteroatoms. The second kappa shape index (κ2) is 11.3. The van der Waals surface area contributed by atoms with Crippen molar-refractivity contribution in [2.75, 3.05) is 44.6 Å². The Kier molecular flexibility index (Phi) is 8.18. The molecule has 0 aromatic heterocycles. The van der Waals surface area contributed by atoms with E-state index in [4.69, 9.17) is 5.73 Å². The van der Waals surface area contributed by atoms with Gasteiger partial charge in [0, 0.05) is 62.9 Å². The number of nitrogens with one attached hydrogen (secondary N) is 1. The molecule has 2 saturated heterocycles. The van der Waals surface area contributed by atoms with E-state index >= 15 is 0 Å². The van der Waals surface area contributed by atoms with Gasteiger partial charge in [0.05, 0.1) is 0 Å². The van der Waals surface area contributed by atoms with Crippen LogP contribution in [0.5, 0.6) is 0 Å². The normalized spacial score (nSPS) is 27.5. The lowest BCUT2D eigenvalue weighted by atomic mass is 9.81. The maximum Gasteiger partial charge on any atom is 0.247 e. The van der Waals surface area contributed by atoms with Crippen LogP contribution < -0.4 is 11.1 Å². The number of rotatable bonds is 6. The fourth-order valence-electron chi connectivity index (χ4n) is 5.72. The van der Waals surface area contributed by atoms with Gasteiger partial charge in [0.2, 0.25) is 17.7 Å². The van der Waals surface area contributed by atoms with Crippen LogP contribution in [-0.2, 0) is 14.4 Å². The Labute approximate surface area is 207 Å². The molecule has 1 aromatic carbocycles. The summed E-state index contributed by atoms with van der Waals surface area (Å²) in [7, 11) is 0. The molecule has 3 fully saturated rings. The summed E-state index contributed by atoms with van der Waals surface area (Å²) in [5, 5.41) is 2.95. The van der Waals surface area contributed by atoms with E-state index in [-0.39, 0.29) is 29.7 Å². The molecule has 1 unspecified atom stereocenters. The molecule has 35 heavy (non-hydrogen) atoms. The van der Waals surface area contributed by atoms with Gasteiger partial charge in [-0.2, -0.15) is 0 Å². The van der Waals surface area contributed by atoms with Crippen molar-refractivity contribution in [3.8, 4) is 0 Å². The number of carbonyl (C=O) groups excluding carboxylic acids is 4. The molecular weight excluding hydrogens is 446 g/mol. The Morgan fingerprint density at radius 1 is 1.03 bits per heavy atom. The Morgan fingerprint density at radius 2 is 1.69 bits per heavy atom. The number of nitrogens with zero attached hydrogens (tertiary/aromatic N) is 3. The molecule has 3 N–H and O–H groups in total. The minimum absolute atomic E-state index is 0.0618. The second-order valence-electron chi connectivity index (χ2n) is 10.1. The lowest BCUT2D eigenvalue weighted by Crippen LogP contribution is -2.52. The zero-order valence-electron chi connectivity index (χ0n) is 20.5. The number of hydrogen-bond donors (Lipinski definition) is 2. The maximum absolute atomic E-state index is 13.6. The minimum Gasteiger partial charge on any atom is -0.340 e. The van der Waals surface area contributed by atoms with Crippen molar-refractivity contribution in [1.29, 1.82) is 0 Å². The van der Waals surface area contributed by atoms with Crippen LogP contribution in [0.1, 0.15) is 49.4 Å². The molecule has 2 atom stereocenters. The van der Waals surface area contributed by atoms with E-state index in [1.54, 1.807) is 36.1 Å². The van der Waals surface area contributed by atoms with Gasteiger partial charge < -0.3 is 20.9 Å². The van der Waals surface area contributed by atoms with Gasteiger partial charge in [-0.15, -0.1) is 0 Å². The third-order valence-electron chi connectivity index (χ3n) is 7.98. The third-order valence-corrected chi connectivity index (χ3v) is 7.98. The SMILES string of the molecule is CC(=O)N1CCN(C2C[C@@H](C(=O)Nc3ccc(C=O)cc3)N(C(=O)[C@H]3CC[C@H](CN)CC3)C2)CC1. The monoisotopic (exact) mass is 483 g/mol. The van der Waals surface area contributed by atoms with Crippen LogP contribution in [0.2, 0.25) is 0 Å². The summed E-state index contributed by atoms with van der Waals surface area (Å²) in [6.45, 7) is 5.61. The van der Waals surface area contributed by atoms with Crippen LogP contribution in [0.3, 0.4) is 0 Å². The van der Waals surface area contributed by atoms with Crippen LogP contribution in [0.4, 0.5) is 5.69 Å². The predicted molar refractivity (Wildman–Crippen MR) is 133 cm³/mol. The highest BCUT2D eigenvalue weighted by Gasteiger charge is 2.44. The van der Waals surface area contributed by atoms with Crippen molar-refractivity contribution in [2.45, 2.75) is 51.1 Å². The summed E-state index contributed by atoms with van der Waals surface area (Å²) in [5.74, 6) is 0.378. The fraction of sp³-hybridized carbons (Fsp3) is 0.615. The van der Waals surface area contributed by atoms with Crippen LogP contribution in [0, 0.1) is 11.8 Å². The molecule has 190 valence electrons. The average Bonchev–Trinajstić information content (AvgIpc) is 3.34. The summed E-state index contributed by atoms with van der Waals surface area (Å²) in [5.41, 5.74) is 6.98. The summed E-state index contributed by atoms with van der Waals surface area (Å²) in [6, 6.07) is 6.27. The summed E-state index contributed by atoms with van der Waals surface area (Å²) in [4.78, 5) is 55.6. The molecule has 9 nitrogen and oxygen atoms in total. The molecule has 4 rings (SSSR count). The van der Waals surface area contributed by atoms with Crippen LogP contribution in [-0.4, -0.2) is 90.1 Å². The van der Waals surface area contributed by atoms with Crippen molar-refractivity contribution in [1.82, 2.24) is 14.7 Å². The van der Waals surface area contributed by atoms with Gasteiger partial charge in [-0.3, -0.25) is 24.1 Å². The number of likely N-dealkylation sites (tertiary alicyclic amines) is 1. The van der Waals surface area contributed by atoms with E-state index in [0.29, 0.717) is 49.8 Å². The lowest BCUT2D eigenvalue weighted by Gasteiger charge is -2.37. The van der Waals surface area contributed by atoms with Gasteiger partial charge in [-0.05, 0) is 68.8 Å². The fourth-order valence-corrected chi connectivity index (χ4v) is 5.72. The first kappa shape index (κ1) is 25.3. The van der Waals surface area contributed by atoms with Gasteiger partial charge in [-0.1, -0.05) is 0 Å². The van der Waals surface area contributed by atoms with Crippen LogP contribution in [0.15, 0.2) is 24.3 Å². The number of hydrogen-bond acceptors (Lipinski definition) is 6. The molecule has 1 saturated carbocycles.